The standard InChI is InChI=1S/C27H19NO/c1-28-25-13-7-4-10-21(25)18-26(28)23-12-6-3-9-20(23)14-16-24-22-11-5-2-8-19(22)15-17-27(24)29/h2-13,15,17-18,29H,1H3. The SMILES string of the molecule is Cn1c(-c2ccccc2C#Cc2c(O)ccc3ccccc23)cc2ccccc21. The Labute approximate surface area is 169 Å². The molecule has 5 aromatic rings. The molecule has 0 fully saturated rings. The fourth-order valence-corrected chi connectivity index (χ4v) is 3.88. The zero-order chi connectivity index (χ0) is 19.8. The Balaban J connectivity index is 1.68. The van der Waals surface area contributed by atoms with Crippen LogP contribution in [-0.2, 0) is 7.05 Å². The quantitative estimate of drug-likeness (QED) is 0.353. The number of hydrogen-bond donors (Lipinski definition) is 1. The number of nitrogens with zero attached hydrogens (tertiary/aromatic N) is 1. The van der Waals surface area contributed by atoms with Crippen LogP contribution < -0.4 is 0 Å². The molecule has 138 valence electrons. The third-order valence-corrected chi connectivity index (χ3v) is 5.38. The minimum atomic E-state index is 0.207. The second kappa shape index (κ2) is 6.89. The molecule has 0 bridgehead atoms. The summed E-state index contributed by atoms with van der Waals surface area (Å²) < 4.78 is 2.20. The summed E-state index contributed by atoms with van der Waals surface area (Å²) >= 11 is 0. The number of fused-ring (bicyclic) bond motifs is 2. The van der Waals surface area contributed by atoms with Gasteiger partial charge >= 0.3 is 0 Å². The number of aromatic hydroxyl groups is 1. The molecule has 1 aromatic heterocycles. The van der Waals surface area contributed by atoms with Gasteiger partial charge in [-0.2, -0.15) is 0 Å². The van der Waals surface area contributed by atoms with Crippen LogP contribution in [0.1, 0.15) is 11.1 Å². The van der Waals surface area contributed by atoms with Crippen molar-refractivity contribution in [2.24, 2.45) is 7.05 Å². The summed E-state index contributed by atoms with van der Waals surface area (Å²) in [7, 11) is 2.08. The maximum absolute atomic E-state index is 10.4. The van der Waals surface area contributed by atoms with Gasteiger partial charge in [0.1, 0.15) is 5.75 Å². The van der Waals surface area contributed by atoms with Gasteiger partial charge in [0.2, 0.25) is 0 Å². The highest BCUT2D eigenvalue weighted by Gasteiger charge is 2.10. The Hall–Kier alpha value is -3.96. The lowest BCUT2D eigenvalue weighted by atomic mass is 10.0. The predicted octanol–water partition coefficient (Wildman–Crippen LogP) is 6.10. The van der Waals surface area contributed by atoms with Crippen LogP contribution in [0.4, 0.5) is 0 Å². The maximum Gasteiger partial charge on any atom is 0.131 e. The molecule has 0 saturated heterocycles. The number of rotatable bonds is 1. The minimum absolute atomic E-state index is 0.207. The summed E-state index contributed by atoms with van der Waals surface area (Å²) in [5.41, 5.74) is 4.99. The molecule has 0 atom stereocenters. The highest BCUT2D eigenvalue weighted by atomic mass is 16.3. The van der Waals surface area contributed by atoms with Crippen molar-refractivity contribution in [1.29, 1.82) is 0 Å². The van der Waals surface area contributed by atoms with E-state index in [0.29, 0.717) is 5.56 Å². The third-order valence-electron chi connectivity index (χ3n) is 5.38. The molecule has 0 unspecified atom stereocenters. The summed E-state index contributed by atoms with van der Waals surface area (Å²) in [4.78, 5) is 0. The second-order valence-electron chi connectivity index (χ2n) is 7.12. The molecule has 1 N–H and O–H groups in total. The van der Waals surface area contributed by atoms with E-state index in [4.69, 9.17) is 0 Å². The van der Waals surface area contributed by atoms with Crippen LogP contribution in [0, 0.1) is 11.8 Å². The van der Waals surface area contributed by atoms with Crippen LogP contribution in [0.2, 0.25) is 0 Å². The lowest BCUT2D eigenvalue weighted by Crippen LogP contribution is -1.93. The topological polar surface area (TPSA) is 25.2 Å². The monoisotopic (exact) mass is 373 g/mol. The first-order chi connectivity index (χ1) is 14.2. The molecule has 0 amide bonds. The number of phenols is 1. The van der Waals surface area contributed by atoms with Crippen molar-refractivity contribution in [2.45, 2.75) is 0 Å². The molecule has 0 aliphatic heterocycles. The summed E-state index contributed by atoms with van der Waals surface area (Å²) in [5, 5.41) is 13.6. The molecular weight excluding hydrogens is 354 g/mol. The summed E-state index contributed by atoms with van der Waals surface area (Å²) in [6, 6.07) is 30.3. The Morgan fingerprint density at radius 1 is 0.724 bits per heavy atom. The molecule has 2 nitrogen and oxygen atoms in total. The van der Waals surface area contributed by atoms with Crippen molar-refractivity contribution < 1.29 is 5.11 Å². The molecule has 0 aliphatic carbocycles. The van der Waals surface area contributed by atoms with Crippen molar-refractivity contribution in [1.82, 2.24) is 4.57 Å². The normalized spacial score (nSPS) is 10.8. The third kappa shape index (κ3) is 2.94. The van der Waals surface area contributed by atoms with Crippen LogP contribution in [0.5, 0.6) is 5.75 Å². The lowest BCUT2D eigenvalue weighted by Gasteiger charge is -2.07. The average Bonchev–Trinajstić information content (AvgIpc) is 3.10. The van der Waals surface area contributed by atoms with Gasteiger partial charge in [0, 0.05) is 34.5 Å². The zero-order valence-electron chi connectivity index (χ0n) is 16.1. The van der Waals surface area contributed by atoms with E-state index in [2.05, 4.69) is 59.9 Å². The van der Waals surface area contributed by atoms with Gasteiger partial charge in [-0.25, -0.2) is 0 Å². The van der Waals surface area contributed by atoms with E-state index < -0.39 is 0 Å². The highest BCUT2D eigenvalue weighted by molar-refractivity contribution is 5.91. The number of aromatic nitrogens is 1. The molecule has 29 heavy (non-hydrogen) atoms. The van der Waals surface area contributed by atoms with E-state index in [1.165, 1.54) is 10.9 Å². The fourth-order valence-electron chi connectivity index (χ4n) is 3.88. The molecule has 4 aromatic carbocycles. The maximum atomic E-state index is 10.4. The van der Waals surface area contributed by atoms with Crippen molar-refractivity contribution in [3.63, 3.8) is 0 Å². The summed E-state index contributed by atoms with van der Waals surface area (Å²) in [6.45, 7) is 0. The lowest BCUT2D eigenvalue weighted by molar-refractivity contribution is 0.474. The first-order valence-corrected chi connectivity index (χ1v) is 9.59. The molecule has 0 saturated carbocycles. The highest BCUT2D eigenvalue weighted by Crippen LogP contribution is 2.30. The molecule has 5 rings (SSSR count). The fraction of sp³-hybridized carbons (Fsp3) is 0.0370. The van der Waals surface area contributed by atoms with Gasteiger partial charge in [-0.15, -0.1) is 0 Å². The van der Waals surface area contributed by atoms with E-state index in [0.717, 1.165) is 27.6 Å². The van der Waals surface area contributed by atoms with Crippen LogP contribution in [0.25, 0.3) is 32.9 Å². The minimum Gasteiger partial charge on any atom is -0.507 e. The Morgan fingerprint density at radius 3 is 2.31 bits per heavy atom. The van der Waals surface area contributed by atoms with Crippen molar-refractivity contribution in [3.05, 3.63) is 102 Å². The number of para-hydroxylation sites is 1. The van der Waals surface area contributed by atoms with Gasteiger partial charge in [0.05, 0.1) is 11.3 Å². The predicted molar refractivity (Wildman–Crippen MR) is 120 cm³/mol. The van der Waals surface area contributed by atoms with Gasteiger partial charge < -0.3 is 9.67 Å². The van der Waals surface area contributed by atoms with Gasteiger partial charge in [0.25, 0.3) is 0 Å². The average molecular weight is 373 g/mol. The van der Waals surface area contributed by atoms with E-state index in [1.807, 2.05) is 48.5 Å². The largest absolute Gasteiger partial charge is 0.507 e. The summed E-state index contributed by atoms with van der Waals surface area (Å²) in [5.74, 6) is 6.74. The van der Waals surface area contributed by atoms with E-state index in [-0.39, 0.29) is 5.75 Å². The second-order valence-corrected chi connectivity index (χ2v) is 7.12. The number of phenolic OH excluding ortho intramolecular Hbond substituents is 1. The van der Waals surface area contributed by atoms with Gasteiger partial charge in [-0.3, -0.25) is 0 Å². The Bertz CT molecular complexity index is 1430. The number of aryl methyl sites for hydroxylation is 1. The molecule has 0 aliphatic rings. The Morgan fingerprint density at radius 2 is 1.45 bits per heavy atom. The van der Waals surface area contributed by atoms with Crippen LogP contribution in [-0.4, -0.2) is 9.67 Å². The van der Waals surface area contributed by atoms with Crippen LogP contribution in [0.3, 0.4) is 0 Å². The first kappa shape index (κ1) is 17.2. The van der Waals surface area contributed by atoms with E-state index >= 15 is 0 Å². The first-order valence-electron chi connectivity index (χ1n) is 9.59. The zero-order valence-corrected chi connectivity index (χ0v) is 16.1. The van der Waals surface area contributed by atoms with E-state index in [9.17, 15) is 5.11 Å². The number of benzene rings is 4. The molecular formula is C27H19NO. The van der Waals surface area contributed by atoms with Gasteiger partial charge in [0.15, 0.2) is 0 Å². The van der Waals surface area contributed by atoms with Gasteiger partial charge in [-0.05, 0) is 29.7 Å². The van der Waals surface area contributed by atoms with Crippen molar-refractivity contribution in [2.75, 3.05) is 0 Å². The molecule has 1 heterocycles. The van der Waals surface area contributed by atoms with Crippen molar-refractivity contribution in [3.8, 4) is 28.8 Å². The van der Waals surface area contributed by atoms with Crippen molar-refractivity contribution >= 4 is 21.7 Å². The Kier molecular flexibility index (Phi) is 4.08. The molecule has 0 spiro atoms. The number of hydrogen-bond acceptors (Lipinski definition) is 1. The van der Waals surface area contributed by atoms with Crippen LogP contribution >= 0.6 is 0 Å². The molecule has 2 heteroatoms. The summed E-state index contributed by atoms with van der Waals surface area (Å²) in [6.07, 6.45) is 0. The molecule has 0 radical (unpaired) electrons. The smallest absolute Gasteiger partial charge is 0.131 e. The van der Waals surface area contributed by atoms with E-state index in [1.54, 1.807) is 6.07 Å². The van der Waals surface area contributed by atoms with Gasteiger partial charge in [-0.1, -0.05) is 78.6 Å². The van der Waals surface area contributed by atoms with Crippen LogP contribution in [0.15, 0.2) is 91.0 Å².